The Hall–Kier alpha value is -1.04. The van der Waals surface area contributed by atoms with Crippen molar-refractivity contribution in [3.8, 4) is 0 Å². The number of hydrogen-bond donors (Lipinski definition) is 1. The maximum atomic E-state index is 11.9. The van der Waals surface area contributed by atoms with Gasteiger partial charge in [-0.3, -0.25) is 0 Å². The molecular formula is C6H8F3N3. The molecule has 0 aliphatic heterocycles. The van der Waals surface area contributed by atoms with Crippen molar-refractivity contribution < 1.29 is 13.2 Å². The van der Waals surface area contributed by atoms with Gasteiger partial charge in [0.2, 0.25) is 0 Å². The summed E-state index contributed by atoms with van der Waals surface area (Å²) in [5.41, 5.74) is 5.66. The van der Waals surface area contributed by atoms with E-state index in [0.717, 1.165) is 6.20 Å². The van der Waals surface area contributed by atoms with Gasteiger partial charge in [-0.25, -0.2) is 0 Å². The molecule has 0 radical (unpaired) electrons. The molecule has 0 bridgehead atoms. The van der Waals surface area contributed by atoms with Crippen LogP contribution in [0.4, 0.5) is 13.2 Å². The van der Waals surface area contributed by atoms with Crippen molar-refractivity contribution >= 4 is 0 Å². The van der Waals surface area contributed by atoms with Crippen LogP contribution in [-0.2, 0) is 12.7 Å². The van der Waals surface area contributed by atoms with E-state index in [1.54, 1.807) is 0 Å². The van der Waals surface area contributed by atoms with E-state index in [9.17, 15) is 13.2 Å². The standard InChI is InChI=1S/C6H8F3N3/c7-6(8,9)12-4-5(1-2-10)3-11-12/h3-4H,1-2,10H2. The summed E-state index contributed by atoms with van der Waals surface area (Å²) in [6.07, 6.45) is -1.91. The van der Waals surface area contributed by atoms with Gasteiger partial charge >= 0.3 is 6.30 Å². The van der Waals surface area contributed by atoms with E-state index in [0.29, 0.717) is 18.5 Å². The largest absolute Gasteiger partial charge is 0.504 e. The predicted molar refractivity (Wildman–Crippen MR) is 36.3 cm³/mol. The predicted octanol–water partition coefficient (Wildman–Crippen LogP) is 0.861. The number of halogens is 3. The van der Waals surface area contributed by atoms with Gasteiger partial charge in [-0.05, 0) is 18.5 Å². The molecule has 0 spiro atoms. The van der Waals surface area contributed by atoms with Crippen molar-refractivity contribution in [3.63, 3.8) is 0 Å². The summed E-state index contributed by atoms with van der Waals surface area (Å²) < 4.78 is 35.7. The van der Waals surface area contributed by atoms with Crippen molar-refractivity contribution in [2.45, 2.75) is 12.7 Å². The number of rotatable bonds is 2. The first-order chi connectivity index (χ1) is 5.54. The van der Waals surface area contributed by atoms with Gasteiger partial charge in [-0.2, -0.15) is 9.78 Å². The molecule has 0 aliphatic rings. The van der Waals surface area contributed by atoms with E-state index >= 15 is 0 Å². The molecular weight excluding hydrogens is 171 g/mol. The summed E-state index contributed by atoms with van der Waals surface area (Å²) in [5, 5.41) is 3.14. The smallest absolute Gasteiger partial charge is 0.330 e. The Morgan fingerprint density at radius 1 is 1.50 bits per heavy atom. The molecule has 0 unspecified atom stereocenters. The molecule has 6 heteroatoms. The molecule has 0 atom stereocenters. The Kier molecular flexibility index (Phi) is 2.37. The second-order valence-corrected chi connectivity index (χ2v) is 2.30. The fourth-order valence-corrected chi connectivity index (χ4v) is 0.795. The van der Waals surface area contributed by atoms with E-state index in [1.807, 2.05) is 0 Å². The normalized spacial score (nSPS) is 12.0. The van der Waals surface area contributed by atoms with Gasteiger partial charge in [-0.1, -0.05) is 0 Å². The van der Waals surface area contributed by atoms with E-state index < -0.39 is 6.30 Å². The lowest BCUT2D eigenvalue weighted by molar-refractivity contribution is -0.212. The Bertz CT molecular complexity index is 253. The SMILES string of the molecule is NCCc1cnn(C(F)(F)F)c1. The third-order valence-electron chi connectivity index (χ3n) is 1.33. The molecule has 68 valence electrons. The quantitative estimate of drug-likeness (QED) is 0.731. The maximum absolute atomic E-state index is 11.9. The van der Waals surface area contributed by atoms with E-state index in [4.69, 9.17) is 5.73 Å². The van der Waals surface area contributed by atoms with Gasteiger partial charge in [0.1, 0.15) is 0 Å². The van der Waals surface area contributed by atoms with E-state index in [2.05, 4.69) is 5.10 Å². The summed E-state index contributed by atoms with van der Waals surface area (Å²) in [6.45, 7) is 0.323. The first-order valence-electron chi connectivity index (χ1n) is 3.35. The third kappa shape index (κ3) is 1.97. The van der Waals surface area contributed by atoms with Crippen molar-refractivity contribution in [2.75, 3.05) is 6.54 Å². The van der Waals surface area contributed by atoms with Gasteiger partial charge < -0.3 is 5.73 Å². The molecule has 3 nitrogen and oxygen atoms in total. The summed E-state index contributed by atoms with van der Waals surface area (Å²) in [4.78, 5) is 0. The average molecular weight is 179 g/mol. The molecule has 1 aromatic rings. The minimum Gasteiger partial charge on any atom is -0.330 e. The Morgan fingerprint density at radius 3 is 2.58 bits per heavy atom. The highest BCUT2D eigenvalue weighted by Crippen LogP contribution is 2.20. The van der Waals surface area contributed by atoms with Crippen LogP contribution >= 0.6 is 0 Å². The average Bonchev–Trinajstić information content (AvgIpc) is 2.35. The van der Waals surface area contributed by atoms with Gasteiger partial charge in [0, 0.05) is 6.20 Å². The molecule has 1 rings (SSSR count). The monoisotopic (exact) mass is 179 g/mol. The maximum Gasteiger partial charge on any atom is 0.504 e. The lowest BCUT2D eigenvalue weighted by Crippen LogP contribution is -2.16. The van der Waals surface area contributed by atoms with Gasteiger partial charge in [0.05, 0.1) is 6.20 Å². The Balaban J connectivity index is 2.77. The number of hydrogen-bond acceptors (Lipinski definition) is 2. The highest BCUT2D eigenvalue weighted by molar-refractivity contribution is 5.04. The molecule has 12 heavy (non-hydrogen) atoms. The third-order valence-corrected chi connectivity index (χ3v) is 1.33. The van der Waals surface area contributed by atoms with Crippen LogP contribution in [0.15, 0.2) is 12.4 Å². The second-order valence-electron chi connectivity index (χ2n) is 2.30. The van der Waals surface area contributed by atoms with E-state index in [1.165, 1.54) is 6.20 Å². The molecule has 0 aromatic carbocycles. The van der Waals surface area contributed by atoms with Crippen LogP contribution in [0.25, 0.3) is 0 Å². The molecule has 0 amide bonds. The number of nitrogens with zero attached hydrogens (tertiary/aromatic N) is 2. The molecule has 1 aromatic heterocycles. The van der Waals surface area contributed by atoms with E-state index in [-0.39, 0.29) is 4.68 Å². The molecule has 0 saturated carbocycles. The zero-order chi connectivity index (χ0) is 9.19. The number of nitrogens with two attached hydrogens (primary N) is 1. The molecule has 1 heterocycles. The molecule has 0 fully saturated rings. The van der Waals surface area contributed by atoms with Crippen LogP contribution in [0, 0.1) is 0 Å². The van der Waals surface area contributed by atoms with Crippen LogP contribution in [0.3, 0.4) is 0 Å². The van der Waals surface area contributed by atoms with Crippen LogP contribution in [0.2, 0.25) is 0 Å². The van der Waals surface area contributed by atoms with Crippen molar-refractivity contribution in [3.05, 3.63) is 18.0 Å². The van der Waals surface area contributed by atoms with Gasteiger partial charge in [-0.15, -0.1) is 13.2 Å². The lowest BCUT2D eigenvalue weighted by atomic mass is 10.3. The van der Waals surface area contributed by atoms with Gasteiger partial charge in [0.25, 0.3) is 0 Å². The van der Waals surface area contributed by atoms with Crippen LogP contribution < -0.4 is 5.73 Å². The highest BCUT2D eigenvalue weighted by Gasteiger charge is 2.31. The zero-order valence-electron chi connectivity index (χ0n) is 6.17. The fourth-order valence-electron chi connectivity index (χ4n) is 0.795. The van der Waals surface area contributed by atoms with Gasteiger partial charge in [0.15, 0.2) is 0 Å². The summed E-state index contributed by atoms with van der Waals surface area (Å²) in [6, 6.07) is 0. The lowest BCUT2D eigenvalue weighted by Gasteiger charge is -2.03. The number of alkyl halides is 3. The molecule has 2 N–H and O–H groups in total. The van der Waals surface area contributed by atoms with Crippen molar-refractivity contribution in [1.29, 1.82) is 0 Å². The first-order valence-corrected chi connectivity index (χ1v) is 3.35. The number of aromatic nitrogens is 2. The van der Waals surface area contributed by atoms with Crippen molar-refractivity contribution in [2.24, 2.45) is 5.73 Å². The van der Waals surface area contributed by atoms with Crippen LogP contribution in [0.1, 0.15) is 5.56 Å². The minimum absolute atomic E-state index is 0.0298. The summed E-state index contributed by atoms with van der Waals surface area (Å²) in [7, 11) is 0. The van der Waals surface area contributed by atoms with Crippen molar-refractivity contribution in [1.82, 2.24) is 9.78 Å². The summed E-state index contributed by atoms with van der Waals surface area (Å²) >= 11 is 0. The highest BCUT2D eigenvalue weighted by atomic mass is 19.4. The van der Waals surface area contributed by atoms with Crippen LogP contribution in [-0.4, -0.2) is 16.3 Å². The second kappa shape index (κ2) is 3.14. The topological polar surface area (TPSA) is 43.8 Å². The van der Waals surface area contributed by atoms with Crippen LogP contribution in [0.5, 0.6) is 0 Å². The molecule has 0 aliphatic carbocycles. The first kappa shape index (κ1) is 9.05. The minimum atomic E-state index is -4.42. The summed E-state index contributed by atoms with van der Waals surface area (Å²) in [5.74, 6) is 0. The molecule has 0 saturated heterocycles. The Labute approximate surface area is 67.0 Å². The zero-order valence-corrected chi connectivity index (χ0v) is 6.17. The Morgan fingerprint density at radius 2 is 2.17 bits per heavy atom. The fraction of sp³-hybridized carbons (Fsp3) is 0.500.